The third-order valence-corrected chi connectivity index (χ3v) is 1.05. The van der Waals surface area contributed by atoms with Crippen LogP contribution in [0.3, 0.4) is 0 Å². The lowest BCUT2D eigenvalue weighted by Crippen LogP contribution is -1.83. The fourth-order valence-electron chi connectivity index (χ4n) is 0.557. The van der Waals surface area contributed by atoms with E-state index in [1.807, 2.05) is 0 Å². The highest BCUT2D eigenvalue weighted by Crippen LogP contribution is 2.14. The number of H-pyrrole nitrogens is 1. The van der Waals surface area contributed by atoms with Crippen LogP contribution in [0.1, 0.15) is 18.8 Å². The van der Waals surface area contributed by atoms with E-state index >= 15 is 0 Å². The summed E-state index contributed by atoms with van der Waals surface area (Å²) in [5.74, 6) is 0.328. The largest absolute Gasteiger partial charge is 0.382 e. The van der Waals surface area contributed by atoms with Crippen LogP contribution in [0, 0.1) is 0 Å². The van der Waals surface area contributed by atoms with E-state index in [0.29, 0.717) is 11.5 Å². The van der Waals surface area contributed by atoms with Gasteiger partial charge < -0.3 is 5.73 Å². The summed E-state index contributed by atoms with van der Waals surface area (Å²) in [6.07, 6.45) is -1.02. The molecule has 0 aliphatic carbocycles. The van der Waals surface area contributed by atoms with Crippen LogP contribution >= 0.6 is 0 Å². The molecule has 9 heavy (non-hydrogen) atoms. The van der Waals surface area contributed by atoms with E-state index in [2.05, 4.69) is 10.2 Å². The minimum absolute atomic E-state index is 0.328. The van der Waals surface area contributed by atoms with Gasteiger partial charge in [-0.05, 0) is 6.92 Å². The quantitative estimate of drug-likeness (QED) is 0.594. The Hall–Kier alpha value is -1.06. The lowest BCUT2D eigenvalue weighted by atomic mass is 10.3. The van der Waals surface area contributed by atoms with Crippen LogP contribution in [0.15, 0.2) is 6.07 Å². The highest BCUT2D eigenvalue weighted by atomic mass is 19.1. The Bertz CT molecular complexity index is 194. The molecule has 1 aromatic rings. The first kappa shape index (κ1) is 6.07. The van der Waals surface area contributed by atoms with Gasteiger partial charge in [-0.15, -0.1) is 0 Å². The normalized spacial score (nSPS) is 13.6. The zero-order chi connectivity index (χ0) is 6.85. The number of aromatic nitrogens is 2. The van der Waals surface area contributed by atoms with Gasteiger partial charge >= 0.3 is 0 Å². The Labute approximate surface area is 52.1 Å². The number of anilines is 1. The molecule has 0 radical (unpaired) electrons. The lowest BCUT2D eigenvalue weighted by molar-refractivity contribution is 0.365. The SMILES string of the molecule is C[C@H](F)c1cc(N)n[nH]1. The molecule has 0 bridgehead atoms. The molecule has 3 N–H and O–H groups in total. The van der Waals surface area contributed by atoms with Gasteiger partial charge in [-0.2, -0.15) is 5.10 Å². The molecule has 0 aromatic carbocycles. The van der Waals surface area contributed by atoms with Gasteiger partial charge in [0.15, 0.2) is 0 Å². The smallest absolute Gasteiger partial charge is 0.145 e. The van der Waals surface area contributed by atoms with Gasteiger partial charge in [0.25, 0.3) is 0 Å². The van der Waals surface area contributed by atoms with Gasteiger partial charge in [-0.25, -0.2) is 4.39 Å². The summed E-state index contributed by atoms with van der Waals surface area (Å²) >= 11 is 0. The van der Waals surface area contributed by atoms with Crippen LogP contribution in [0.5, 0.6) is 0 Å². The van der Waals surface area contributed by atoms with E-state index in [4.69, 9.17) is 5.73 Å². The molecule has 0 fully saturated rings. The second-order valence-corrected chi connectivity index (χ2v) is 1.86. The van der Waals surface area contributed by atoms with Crippen molar-refractivity contribution in [3.8, 4) is 0 Å². The zero-order valence-electron chi connectivity index (χ0n) is 5.06. The van der Waals surface area contributed by atoms with E-state index in [-0.39, 0.29) is 0 Å². The third kappa shape index (κ3) is 1.19. The van der Waals surface area contributed by atoms with Crippen molar-refractivity contribution in [2.24, 2.45) is 0 Å². The number of aromatic amines is 1. The van der Waals surface area contributed by atoms with E-state index in [0.717, 1.165) is 0 Å². The number of halogens is 1. The van der Waals surface area contributed by atoms with Gasteiger partial charge in [0.05, 0.1) is 5.69 Å². The molecule has 1 rings (SSSR count). The molecule has 1 heterocycles. The topological polar surface area (TPSA) is 54.7 Å². The van der Waals surface area contributed by atoms with Crippen LogP contribution in [-0.2, 0) is 0 Å². The standard InChI is InChI=1S/C5H8FN3/c1-3(6)4-2-5(7)9-8-4/h2-3H,1H3,(H3,7,8,9)/t3-/m0/s1. The number of nitrogens with one attached hydrogen (secondary N) is 1. The van der Waals surface area contributed by atoms with Crippen LogP contribution in [0.4, 0.5) is 10.2 Å². The molecular formula is C5H8FN3. The Morgan fingerprint density at radius 1 is 1.89 bits per heavy atom. The summed E-state index contributed by atoms with van der Waals surface area (Å²) in [6.45, 7) is 1.42. The second-order valence-electron chi connectivity index (χ2n) is 1.86. The van der Waals surface area contributed by atoms with Crippen LogP contribution in [-0.4, -0.2) is 10.2 Å². The summed E-state index contributed by atoms with van der Waals surface area (Å²) in [5.41, 5.74) is 5.63. The van der Waals surface area contributed by atoms with E-state index in [1.165, 1.54) is 13.0 Å². The minimum atomic E-state index is -1.02. The fraction of sp³-hybridized carbons (Fsp3) is 0.400. The second kappa shape index (κ2) is 2.05. The molecule has 50 valence electrons. The molecular weight excluding hydrogens is 121 g/mol. The van der Waals surface area contributed by atoms with Gasteiger partial charge in [0.2, 0.25) is 0 Å². The molecule has 0 aliphatic heterocycles. The minimum Gasteiger partial charge on any atom is -0.382 e. The molecule has 0 spiro atoms. The summed E-state index contributed by atoms with van der Waals surface area (Å²) in [5, 5.41) is 6.01. The van der Waals surface area contributed by atoms with E-state index in [1.54, 1.807) is 0 Å². The third-order valence-electron chi connectivity index (χ3n) is 1.05. The van der Waals surface area contributed by atoms with Crippen molar-refractivity contribution in [2.45, 2.75) is 13.1 Å². The molecule has 0 saturated carbocycles. The van der Waals surface area contributed by atoms with Gasteiger partial charge in [-0.1, -0.05) is 0 Å². The Morgan fingerprint density at radius 3 is 2.78 bits per heavy atom. The average molecular weight is 129 g/mol. The van der Waals surface area contributed by atoms with Gasteiger partial charge in [0.1, 0.15) is 12.0 Å². The summed E-state index contributed by atoms with van der Waals surface area (Å²) in [4.78, 5) is 0. The number of hydrogen-bond donors (Lipinski definition) is 2. The predicted octanol–water partition coefficient (Wildman–Crippen LogP) is 1.02. The summed E-state index contributed by atoms with van der Waals surface area (Å²) < 4.78 is 12.3. The predicted molar refractivity (Wildman–Crippen MR) is 32.5 cm³/mol. The monoisotopic (exact) mass is 129 g/mol. The van der Waals surface area contributed by atoms with Crippen molar-refractivity contribution in [3.63, 3.8) is 0 Å². The van der Waals surface area contributed by atoms with Crippen LogP contribution < -0.4 is 5.73 Å². The number of nitrogens with two attached hydrogens (primary N) is 1. The Morgan fingerprint density at radius 2 is 2.56 bits per heavy atom. The highest BCUT2D eigenvalue weighted by Gasteiger charge is 2.03. The number of rotatable bonds is 1. The molecule has 0 saturated heterocycles. The first-order valence-electron chi connectivity index (χ1n) is 2.65. The van der Waals surface area contributed by atoms with E-state index < -0.39 is 6.17 Å². The number of alkyl halides is 1. The molecule has 0 amide bonds. The van der Waals surface area contributed by atoms with Crippen molar-refractivity contribution in [3.05, 3.63) is 11.8 Å². The Balaban J connectivity index is 2.85. The van der Waals surface area contributed by atoms with Gasteiger partial charge in [-0.3, -0.25) is 5.10 Å². The molecule has 1 atom stereocenters. The molecule has 0 unspecified atom stereocenters. The number of nitrogens with zero attached hydrogens (tertiary/aromatic N) is 1. The zero-order valence-corrected chi connectivity index (χ0v) is 5.06. The molecule has 0 aliphatic rings. The van der Waals surface area contributed by atoms with Gasteiger partial charge in [0, 0.05) is 6.07 Å². The van der Waals surface area contributed by atoms with Crippen molar-refractivity contribution in [2.75, 3.05) is 5.73 Å². The molecule has 4 heteroatoms. The van der Waals surface area contributed by atoms with Crippen LogP contribution in [0.2, 0.25) is 0 Å². The lowest BCUT2D eigenvalue weighted by Gasteiger charge is -1.91. The maximum atomic E-state index is 12.3. The average Bonchev–Trinajstić information content (AvgIpc) is 2.14. The summed E-state index contributed by atoms with van der Waals surface area (Å²) in [7, 11) is 0. The highest BCUT2D eigenvalue weighted by molar-refractivity contribution is 5.29. The first-order chi connectivity index (χ1) is 4.20. The van der Waals surface area contributed by atoms with E-state index in [9.17, 15) is 4.39 Å². The Kier molecular flexibility index (Phi) is 1.38. The molecule has 3 nitrogen and oxygen atoms in total. The maximum Gasteiger partial charge on any atom is 0.145 e. The molecule has 1 aromatic heterocycles. The number of nitrogen functional groups attached to an aromatic ring is 1. The van der Waals surface area contributed by atoms with Crippen molar-refractivity contribution in [1.29, 1.82) is 0 Å². The van der Waals surface area contributed by atoms with Crippen molar-refractivity contribution >= 4 is 5.82 Å². The maximum absolute atomic E-state index is 12.3. The van der Waals surface area contributed by atoms with Crippen molar-refractivity contribution < 1.29 is 4.39 Å². The first-order valence-corrected chi connectivity index (χ1v) is 2.65. The van der Waals surface area contributed by atoms with Crippen LogP contribution in [0.25, 0.3) is 0 Å². The number of hydrogen-bond acceptors (Lipinski definition) is 2. The fourth-order valence-corrected chi connectivity index (χ4v) is 0.557. The van der Waals surface area contributed by atoms with Crippen molar-refractivity contribution in [1.82, 2.24) is 10.2 Å². The summed E-state index contributed by atoms with van der Waals surface area (Å²) in [6, 6.07) is 1.48.